The molecule has 1 aromatic heterocycles. The fourth-order valence-electron chi connectivity index (χ4n) is 2.46. The molecule has 0 aliphatic heterocycles. The molecule has 2 unspecified atom stereocenters. The molecular formula is C14H12N2. The maximum atomic E-state index is 9.02. The Kier molecular flexibility index (Phi) is 2.11. The first-order chi connectivity index (χ1) is 7.90. The molecule has 16 heavy (non-hydrogen) atoms. The van der Waals surface area contributed by atoms with Gasteiger partial charge in [-0.1, -0.05) is 24.3 Å². The van der Waals surface area contributed by atoms with Gasteiger partial charge >= 0.3 is 0 Å². The lowest BCUT2D eigenvalue weighted by molar-refractivity contribution is 0.326. The number of rotatable bonds is 1. The van der Waals surface area contributed by atoms with Gasteiger partial charge in [0, 0.05) is 23.7 Å². The van der Waals surface area contributed by atoms with Crippen LogP contribution in [0, 0.1) is 17.2 Å². The van der Waals surface area contributed by atoms with Gasteiger partial charge in [-0.25, -0.2) is 0 Å². The average molecular weight is 208 g/mol. The van der Waals surface area contributed by atoms with Crippen LogP contribution in [0.2, 0.25) is 0 Å². The predicted octanol–water partition coefficient (Wildman–Crippen LogP) is 3.25. The highest BCUT2D eigenvalue weighted by molar-refractivity contribution is 5.85. The predicted molar refractivity (Wildman–Crippen MR) is 62.8 cm³/mol. The van der Waals surface area contributed by atoms with Crippen molar-refractivity contribution in [2.45, 2.75) is 18.8 Å². The molecule has 0 saturated heterocycles. The number of benzene rings is 1. The summed E-state index contributed by atoms with van der Waals surface area (Å²) in [5, 5.41) is 11.4. The van der Waals surface area contributed by atoms with Gasteiger partial charge in [0.15, 0.2) is 0 Å². The molecule has 3 rings (SSSR count). The van der Waals surface area contributed by atoms with Crippen LogP contribution in [0.1, 0.15) is 24.3 Å². The van der Waals surface area contributed by atoms with E-state index in [-0.39, 0.29) is 5.92 Å². The van der Waals surface area contributed by atoms with Crippen molar-refractivity contribution >= 4 is 10.8 Å². The van der Waals surface area contributed by atoms with Gasteiger partial charge in [-0.2, -0.15) is 5.26 Å². The number of pyridine rings is 1. The van der Waals surface area contributed by atoms with E-state index in [1.165, 1.54) is 16.3 Å². The molecule has 2 aromatic rings. The number of nitrogens with zero attached hydrogens (tertiary/aromatic N) is 2. The molecule has 1 saturated carbocycles. The zero-order valence-electron chi connectivity index (χ0n) is 8.93. The second-order valence-corrected chi connectivity index (χ2v) is 4.37. The molecule has 2 heteroatoms. The third-order valence-corrected chi connectivity index (χ3v) is 3.54. The quantitative estimate of drug-likeness (QED) is 0.721. The van der Waals surface area contributed by atoms with Gasteiger partial charge in [0.05, 0.1) is 12.0 Å². The maximum absolute atomic E-state index is 9.02. The summed E-state index contributed by atoms with van der Waals surface area (Å²) in [5.74, 6) is 0.580. The molecular weight excluding hydrogens is 196 g/mol. The van der Waals surface area contributed by atoms with E-state index in [0.29, 0.717) is 5.92 Å². The van der Waals surface area contributed by atoms with Gasteiger partial charge in [0.25, 0.3) is 0 Å². The van der Waals surface area contributed by atoms with Crippen molar-refractivity contribution in [1.29, 1.82) is 5.26 Å². The number of hydrogen-bond donors (Lipinski definition) is 0. The van der Waals surface area contributed by atoms with Crippen molar-refractivity contribution in [2.75, 3.05) is 0 Å². The molecule has 1 heterocycles. The first kappa shape index (κ1) is 9.35. The summed E-state index contributed by atoms with van der Waals surface area (Å²) in [6.45, 7) is 0. The fourth-order valence-corrected chi connectivity index (χ4v) is 2.46. The van der Waals surface area contributed by atoms with Crippen molar-refractivity contribution in [3.63, 3.8) is 0 Å². The lowest BCUT2D eigenvalue weighted by Crippen LogP contribution is -2.22. The van der Waals surface area contributed by atoms with Crippen LogP contribution in [0.4, 0.5) is 0 Å². The van der Waals surface area contributed by atoms with Crippen LogP contribution in [0.25, 0.3) is 10.8 Å². The largest absolute Gasteiger partial charge is 0.264 e. The summed E-state index contributed by atoms with van der Waals surface area (Å²) >= 11 is 0. The van der Waals surface area contributed by atoms with E-state index in [2.05, 4.69) is 23.2 Å². The first-order valence-corrected chi connectivity index (χ1v) is 5.62. The average Bonchev–Trinajstić information content (AvgIpc) is 2.29. The Balaban J connectivity index is 2.14. The normalized spacial score (nSPS) is 23.7. The minimum Gasteiger partial charge on any atom is -0.264 e. The van der Waals surface area contributed by atoms with E-state index >= 15 is 0 Å². The lowest BCUT2D eigenvalue weighted by Gasteiger charge is -2.32. The van der Waals surface area contributed by atoms with Gasteiger partial charge in [0.1, 0.15) is 0 Å². The molecule has 0 spiro atoms. The maximum Gasteiger partial charge on any atom is 0.0662 e. The van der Waals surface area contributed by atoms with Gasteiger partial charge in [-0.15, -0.1) is 0 Å². The fraction of sp³-hybridized carbons (Fsp3) is 0.286. The Morgan fingerprint density at radius 3 is 2.81 bits per heavy atom. The van der Waals surface area contributed by atoms with Crippen LogP contribution in [0.3, 0.4) is 0 Å². The minimum atomic E-state index is 0.188. The zero-order valence-corrected chi connectivity index (χ0v) is 8.93. The second kappa shape index (κ2) is 3.61. The zero-order chi connectivity index (χ0) is 11.0. The Morgan fingerprint density at radius 1 is 1.19 bits per heavy atom. The van der Waals surface area contributed by atoms with Crippen LogP contribution in [-0.4, -0.2) is 4.98 Å². The first-order valence-electron chi connectivity index (χ1n) is 5.62. The smallest absolute Gasteiger partial charge is 0.0662 e. The number of fused-ring (bicyclic) bond motifs is 1. The van der Waals surface area contributed by atoms with Crippen LogP contribution in [0.15, 0.2) is 36.7 Å². The summed E-state index contributed by atoms with van der Waals surface area (Å²) in [5.41, 5.74) is 1.25. The number of nitriles is 1. The van der Waals surface area contributed by atoms with Gasteiger partial charge in [-0.3, -0.25) is 4.98 Å². The highest BCUT2D eigenvalue weighted by atomic mass is 14.6. The van der Waals surface area contributed by atoms with Crippen LogP contribution < -0.4 is 0 Å². The van der Waals surface area contributed by atoms with Crippen LogP contribution in [0.5, 0.6) is 0 Å². The van der Waals surface area contributed by atoms with E-state index in [0.717, 1.165) is 12.8 Å². The summed E-state index contributed by atoms with van der Waals surface area (Å²) < 4.78 is 0. The van der Waals surface area contributed by atoms with Gasteiger partial charge in [-0.05, 0) is 23.8 Å². The van der Waals surface area contributed by atoms with E-state index in [1.54, 1.807) is 0 Å². The third kappa shape index (κ3) is 1.29. The molecule has 1 aliphatic carbocycles. The summed E-state index contributed by atoms with van der Waals surface area (Å²) in [7, 11) is 0. The van der Waals surface area contributed by atoms with E-state index in [1.807, 2.05) is 24.5 Å². The van der Waals surface area contributed by atoms with E-state index in [9.17, 15) is 0 Å². The van der Waals surface area contributed by atoms with Crippen molar-refractivity contribution in [2.24, 2.45) is 5.92 Å². The van der Waals surface area contributed by atoms with E-state index in [4.69, 9.17) is 5.26 Å². The molecule has 1 aliphatic rings. The standard InChI is InChI=1S/C14H12N2/c15-7-10-5-6-13(10)14-9-16-8-11-3-1-2-4-12(11)14/h1-4,8-10,13H,5-6H2. The van der Waals surface area contributed by atoms with E-state index < -0.39 is 0 Å². The minimum absolute atomic E-state index is 0.188. The topological polar surface area (TPSA) is 36.7 Å². The molecule has 78 valence electrons. The lowest BCUT2D eigenvalue weighted by atomic mass is 9.70. The second-order valence-electron chi connectivity index (χ2n) is 4.37. The number of aromatic nitrogens is 1. The summed E-state index contributed by atoms with van der Waals surface area (Å²) in [6, 6.07) is 10.7. The molecule has 1 fully saturated rings. The molecule has 2 atom stereocenters. The summed E-state index contributed by atoms with van der Waals surface area (Å²) in [4.78, 5) is 4.28. The highest BCUT2D eigenvalue weighted by Crippen LogP contribution is 2.43. The van der Waals surface area contributed by atoms with Crippen molar-refractivity contribution in [3.8, 4) is 6.07 Å². The Bertz CT molecular complexity index is 563. The third-order valence-electron chi connectivity index (χ3n) is 3.54. The Labute approximate surface area is 94.5 Å². The van der Waals surface area contributed by atoms with Gasteiger partial charge < -0.3 is 0 Å². The van der Waals surface area contributed by atoms with Crippen molar-refractivity contribution in [3.05, 3.63) is 42.2 Å². The SMILES string of the molecule is N#CC1CCC1c1cncc2ccccc12. The Morgan fingerprint density at radius 2 is 2.06 bits per heavy atom. The molecule has 0 bridgehead atoms. The van der Waals surface area contributed by atoms with Crippen LogP contribution in [-0.2, 0) is 0 Å². The highest BCUT2D eigenvalue weighted by Gasteiger charge is 2.33. The monoisotopic (exact) mass is 208 g/mol. The molecule has 1 aromatic carbocycles. The van der Waals surface area contributed by atoms with Gasteiger partial charge in [0.2, 0.25) is 0 Å². The number of hydrogen-bond acceptors (Lipinski definition) is 2. The molecule has 0 radical (unpaired) electrons. The molecule has 2 nitrogen and oxygen atoms in total. The van der Waals surface area contributed by atoms with Crippen LogP contribution >= 0.6 is 0 Å². The van der Waals surface area contributed by atoms with Crippen molar-refractivity contribution < 1.29 is 0 Å². The van der Waals surface area contributed by atoms with Crippen molar-refractivity contribution in [1.82, 2.24) is 4.98 Å². The molecule has 0 amide bonds. The Hall–Kier alpha value is -1.88. The summed E-state index contributed by atoms with van der Waals surface area (Å²) in [6.07, 6.45) is 5.97. The molecule has 0 N–H and O–H groups in total.